The van der Waals surface area contributed by atoms with Gasteiger partial charge in [0.05, 0.1) is 10.5 Å². The van der Waals surface area contributed by atoms with Crippen LogP contribution in [0.5, 0.6) is 0 Å². The molecule has 0 atom stereocenters. The molecule has 2 aromatic rings. The van der Waals surface area contributed by atoms with Gasteiger partial charge in [-0.3, -0.25) is 4.79 Å². The van der Waals surface area contributed by atoms with E-state index >= 15 is 0 Å². The van der Waals surface area contributed by atoms with Crippen molar-refractivity contribution in [2.75, 3.05) is 13.2 Å². The highest BCUT2D eigenvalue weighted by Gasteiger charge is 2.28. The fourth-order valence-electron chi connectivity index (χ4n) is 3.29. The molecule has 5 heteroatoms. The van der Waals surface area contributed by atoms with E-state index in [0.29, 0.717) is 17.4 Å². The molecule has 0 amide bonds. The minimum atomic E-state index is 0.192. The van der Waals surface area contributed by atoms with E-state index in [1.807, 2.05) is 6.07 Å². The first-order valence-corrected chi connectivity index (χ1v) is 7.43. The molecule has 104 valence electrons. The Kier molecular flexibility index (Phi) is 2.82. The van der Waals surface area contributed by atoms with Crippen molar-refractivity contribution in [2.45, 2.75) is 31.7 Å². The van der Waals surface area contributed by atoms with Gasteiger partial charge in [-0.1, -0.05) is 11.6 Å². The molecule has 0 bridgehead atoms. The number of nitrogens with zero attached hydrogens (tertiary/aromatic N) is 2. The molecule has 1 aromatic carbocycles. The van der Waals surface area contributed by atoms with E-state index in [2.05, 4.69) is 4.57 Å². The van der Waals surface area contributed by atoms with Crippen LogP contribution in [0.1, 0.15) is 41.4 Å². The molecule has 3 heterocycles. The zero-order valence-corrected chi connectivity index (χ0v) is 11.8. The Morgan fingerprint density at radius 3 is 2.90 bits per heavy atom. The molecule has 1 aromatic heterocycles. The second-order valence-corrected chi connectivity index (χ2v) is 5.88. The summed E-state index contributed by atoms with van der Waals surface area (Å²) in [4.78, 5) is 16.8. The average molecular weight is 291 g/mol. The summed E-state index contributed by atoms with van der Waals surface area (Å²) in [5, 5.41) is 0.630. The van der Waals surface area contributed by atoms with Crippen LogP contribution >= 0.6 is 11.6 Å². The summed E-state index contributed by atoms with van der Waals surface area (Å²) in [6.45, 7) is 2.29. The van der Waals surface area contributed by atoms with E-state index < -0.39 is 0 Å². The fraction of sp³-hybridized carbons (Fsp3) is 0.467. The molecule has 2 aliphatic rings. The zero-order valence-electron chi connectivity index (χ0n) is 11.1. The zero-order chi connectivity index (χ0) is 13.7. The van der Waals surface area contributed by atoms with Gasteiger partial charge in [-0.2, -0.15) is 0 Å². The van der Waals surface area contributed by atoms with Gasteiger partial charge in [-0.15, -0.1) is 0 Å². The smallest absolute Gasteiger partial charge is 0.166 e. The van der Waals surface area contributed by atoms with E-state index in [9.17, 15) is 4.79 Å². The van der Waals surface area contributed by atoms with Gasteiger partial charge in [0.1, 0.15) is 11.3 Å². The molecule has 20 heavy (non-hydrogen) atoms. The van der Waals surface area contributed by atoms with Crippen LogP contribution in [-0.4, -0.2) is 28.5 Å². The average Bonchev–Trinajstić information content (AvgIpc) is 2.87. The lowest BCUT2D eigenvalue weighted by Gasteiger charge is -2.24. The third kappa shape index (κ3) is 1.71. The topological polar surface area (TPSA) is 44.1 Å². The van der Waals surface area contributed by atoms with Crippen molar-refractivity contribution in [1.29, 1.82) is 0 Å². The second-order valence-electron chi connectivity index (χ2n) is 5.47. The van der Waals surface area contributed by atoms with Gasteiger partial charge < -0.3 is 9.30 Å². The maximum absolute atomic E-state index is 12.1. The molecule has 0 saturated carbocycles. The highest BCUT2D eigenvalue weighted by molar-refractivity contribution is 6.35. The van der Waals surface area contributed by atoms with E-state index in [1.54, 1.807) is 6.07 Å². The van der Waals surface area contributed by atoms with Gasteiger partial charge >= 0.3 is 0 Å². The monoisotopic (exact) mass is 290 g/mol. The molecular formula is C15H15ClN2O2. The SMILES string of the molecule is O=C1CCn2c(C3CCOCC3)nc3c(Cl)ccc1c32. The van der Waals surface area contributed by atoms with Gasteiger partial charge in [0.15, 0.2) is 5.78 Å². The number of carbonyl (C=O) groups is 1. The van der Waals surface area contributed by atoms with Gasteiger partial charge in [-0.25, -0.2) is 4.98 Å². The van der Waals surface area contributed by atoms with E-state index in [1.165, 1.54) is 0 Å². The molecule has 4 nitrogen and oxygen atoms in total. The van der Waals surface area contributed by atoms with E-state index in [-0.39, 0.29) is 5.78 Å². The van der Waals surface area contributed by atoms with Crippen molar-refractivity contribution < 1.29 is 9.53 Å². The third-order valence-electron chi connectivity index (χ3n) is 4.32. The van der Waals surface area contributed by atoms with Crippen LogP contribution in [0.4, 0.5) is 0 Å². The standard InChI is InChI=1S/C15H15ClN2O2/c16-11-2-1-10-12(19)3-6-18-14(10)13(11)17-15(18)9-4-7-20-8-5-9/h1-2,9H,3-8H2. The summed E-state index contributed by atoms with van der Waals surface area (Å²) in [6, 6.07) is 3.62. The predicted octanol–water partition coefficient (Wildman–Crippen LogP) is 3.17. The Morgan fingerprint density at radius 2 is 2.10 bits per heavy atom. The number of rotatable bonds is 1. The first-order valence-electron chi connectivity index (χ1n) is 7.05. The summed E-state index contributed by atoms with van der Waals surface area (Å²) in [5.41, 5.74) is 2.47. The van der Waals surface area contributed by atoms with E-state index in [4.69, 9.17) is 21.3 Å². The van der Waals surface area contributed by atoms with Gasteiger partial charge in [0.2, 0.25) is 0 Å². The van der Waals surface area contributed by atoms with Gasteiger partial charge in [-0.05, 0) is 25.0 Å². The summed E-state index contributed by atoms with van der Waals surface area (Å²) in [7, 11) is 0. The molecule has 0 radical (unpaired) electrons. The van der Waals surface area contributed by atoms with Gasteiger partial charge in [0, 0.05) is 37.7 Å². The van der Waals surface area contributed by atoms with Crippen molar-refractivity contribution in [3.8, 4) is 0 Å². The van der Waals surface area contributed by atoms with Crippen LogP contribution in [0, 0.1) is 0 Å². The summed E-state index contributed by atoms with van der Waals surface area (Å²) in [5.74, 6) is 1.68. The number of hydrogen-bond acceptors (Lipinski definition) is 3. The lowest BCUT2D eigenvalue weighted by Crippen LogP contribution is -2.21. The fourth-order valence-corrected chi connectivity index (χ4v) is 3.49. The van der Waals surface area contributed by atoms with Crippen molar-refractivity contribution >= 4 is 28.4 Å². The Hall–Kier alpha value is -1.39. The number of halogens is 1. The summed E-state index contributed by atoms with van der Waals surface area (Å²) in [6.07, 6.45) is 2.53. The van der Waals surface area contributed by atoms with Gasteiger partial charge in [0.25, 0.3) is 0 Å². The molecule has 0 N–H and O–H groups in total. The first-order chi connectivity index (χ1) is 9.75. The third-order valence-corrected chi connectivity index (χ3v) is 4.63. The van der Waals surface area contributed by atoms with Crippen molar-refractivity contribution in [3.63, 3.8) is 0 Å². The minimum Gasteiger partial charge on any atom is -0.381 e. The summed E-state index contributed by atoms with van der Waals surface area (Å²) < 4.78 is 7.63. The largest absolute Gasteiger partial charge is 0.381 e. The normalized spacial score (nSPS) is 19.8. The van der Waals surface area contributed by atoms with Crippen molar-refractivity contribution in [3.05, 3.63) is 28.5 Å². The number of ether oxygens (including phenoxy) is 1. The van der Waals surface area contributed by atoms with Crippen molar-refractivity contribution in [1.82, 2.24) is 9.55 Å². The molecule has 0 aliphatic carbocycles. The highest BCUT2D eigenvalue weighted by Crippen LogP contribution is 2.36. The maximum Gasteiger partial charge on any atom is 0.166 e. The van der Waals surface area contributed by atoms with E-state index in [0.717, 1.165) is 55.0 Å². The Morgan fingerprint density at radius 1 is 1.30 bits per heavy atom. The van der Waals surface area contributed by atoms with Crippen LogP contribution in [0.25, 0.3) is 11.0 Å². The van der Waals surface area contributed by atoms with Crippen LogP contribution in [0.3, 0.4) is 0 Å². The number of benzene rings is 1. The highest BCUT2D eigenvalue weighted by atomic mass is 35.5. The summed E-state index contributed by atoms with van der Waals surface area (Å²) >= 11 is 6.27. The number of imidazole rings is 1. The van der Waals surface area contributed by atoms with Crippen molar-refractivity contribution in [2.24, 2.45) is 0 Å². The predicted molar refractivity (Wildman–Crippen MR) is 76.5 cm³/mol. The lowest BCUT2D eigenvalue weighted by molar-refractivity contribution is 0.0825. The number of hydrogen-bond donors (Lipinski definition) is 0. The molecule has 2 aliphatic heterocycles. The number of ketones is 1. The molecular weight excluding hydrogens is 276 g/mol. The van der Waals surface area contributed by atoms with Crippen LogP contribution < -0.4 is 0 Å². The molecule has 1 fully saturated rings. The second kappa shape index (κ2) is 4.57. The number of aromatic nitrogens is 2. The molecule has 0 unspecified atom stereocenters. The number of carbonyl (C=O) groups excluding carboxylic acids is 1. The van der Waals surface area contributed by atoms with Crippen LogP contribution in [0.15, 0.2) is 12.1 Å². The first kappa shape index (κ1) is 12.4. The van der Waals surface area contributed by atoms with Crippen LogP contribution in [-0.2, 0) is 11.3 Å². The minimum absolute atomic E-state index is 0.192. The Balaban J connectivity index is 1.95. The maximum atomic E-state index is 12.1. The molecule has 1 saturated heterocycles. The number of aryl methyl sites for hydroxylation is 1. The Labute approximate surface area is 121 Å². The molecule has 4 rings (SSSR count). The van der Waals surface area contributed by atoms with Crippen LogP contribution in [0.2, 0.25) is 5.02 Å². The quantitative estimate of drug-likeness (QED) is 0.810. The Bertz CT molecular complexity index is 701. The molecule has 0 spiro atoms. The number of Topliss-reactive ketones (excluding diaryl/α,β-unsaturated/α-hetero) is 1. The lowest BCUT2D eigenvalue weighted by atomic mass is 9.98.